The summed E-state index contributed by atoms with van der Waals surface area (Å²) in [7, 11) is -8.89. The van der Waals surface area contributed by atoms with E-state index in [9.17, 15) is 14.2 Å². The summed E-state index contributed by atoms with van der Waals surface area (Å²) >= 11 is 0. The van der Waals surface area contributed by atoms with Crippen LogP contribution in [0.5, 0.6) is 5.75 Å². The third-order valence-corrected chi connectivity index (χ3v) is 3.48. The van der Waals surface area contributed by atoms with Gasteiger partial charge in [-0.25, -0.2) is 0 Å². The van der Waals surface area contributed by atoms with Gasteiger partial charge >= 0.3 is 15.2 Å². The summed E-state index contributed by atoms with van der Waals surface area (Å²) in [4.78, 5) is 35.1. The van der Waals surface area contributed by atoms with E-state index >= 15 is 0 Å². The molecule has 16 heavy (non-hydrogen) atoms. The Morgan fingerprint density at radius 2 is 1.62 bits per heavy atom. The fourth-order valence-corrected chi connectivity index (χ4v) is 2.39. The Balaban J connectivity index is 3.20. The number of benzene rings is 1. The lowest BCUT2D eigenvalue weighted by molar-refractivity contribution is 0.369. The summed E-state index contributed by atoms with van der Waals surface area (Å²) in [6.07, 6.45) is -0.771. The molecule has 0 aliphatic heterocycles. The molecule has 9 heteroatoms. The van der Waals surface area contributed by atoms with Crippen LogP contribution in [0.3, 0.4) is 0 Å². The lowest BCUT2D eigenvalue weighted by Gasteiger charge is -2.09. The summed E-state index contributed by atoms with van der Waals surface area (Å²) in [5.41, 5.74) is -0.200. The zero-order valence-electron chi connectivity index (χ0n) is 7.89. The molecule has 1 aromatic carbocycles. The molecule has 5 N–H and O–H groups in total. The average Bonchev–Trinajstić information content (AvgIpc) is 2.04. The van der Waals surface area contributed by atoms with Gasteiger partial charge in [-0.05, 0) is 18.2 Å². The van der Waals surface area contributed by atoms with E-state index in [4.69, 9.17) is 19.6 Å². The molecule has 0 radical (unpaired) electrons. The predicted octanol–water partition coefficient (Wildman–Crippen LogP) is -0.127. The van der Waals surface area contributed by atoms with Crippen LogP contribution in [0.2, 0.25) is 0 Å². The zero-order chi connectivity index (χ0) is 12.6. The minimum atomic E-state index is -4.49. The lowest BCUT2D eigenvalue weighted by atomic mass is 10.2. The van der Waals surface area contributed by atoms with E-state index < -0.39 is 32.4 Å². The van der Waals surface area contributed by atoms with E-state index in [1.54, 1.807) is 0 Å². The molecule has 0 aliphatic carbocycles. The topological polar surface area (TPSA) is 135 Å². The minimum absolute atomic E-state index is 0.200. The van der Waals surface area contributed by atoms with Crippen LogP contribution in [0, 0.1) is 0 Å². The van der Waals surface area contributed by atoms with Crippen LogP contribution in [-0.2, 0) is 15.3 Å². The number of hydrogen-bond acceptors (Lipinski definition) is 3. The van der Waals surface area contributed by atoms with Gasteiger partial charge in [-0.3, -0.25) is 9.13 Å². The Labute approximate surface area is 90.7 Å². The quantitative estimate of drug-likeness (QED) is 0.482. The van der Waals surface area contributed by atoms with Gasteiger partial charge in [0.25, 0.3) is 0 Å². The van der Waals surface area contributed by atoms with Crippen molar-refractivity contribution in [1.29, 1.82) is 0 Å². The lowest BCUT2D eigenvalue weighted by Crippen LogP contribution is -2.05. The summed E-state index contributed by atoms with van der Waals surface area (Å²) in [5, 5.41) is 8.87. The largest absolute Gasteiger partial charge is 0.508 e. The van der Waals surface area contributed by atoms with Crippen LogP contribution in [0.4, 0.5) is 0 Å². The van der Waals surface area contributed by atoms with Crippen molar-refractivity contribution in [3.05, 3.63) is 23.8 Å². The average molecular weight is 268 g/mol. The van der Waals surface area contributed by atoms with E-state index in [0.29, 0.717) is 0 Å². The molecule has 0 unspecified atom stereocenters. The summed E-state index contributed by atoms with van der Waals surface area (Å²) in [6.45, 7) is 0. The highest BCUT2D eigenvalue weighted by Gasteiger charge is 2.22. The Morgan fingerprint density at radius 3 is 2.06 bits per heavy atom. The highest BCUT2D eigenvalue weighted by Crippen LogP contribution is 2.42. The van der Waals surface area contributed by atoms with Crippen molar-refractivity contribution in [1.82, 2.24) is 0 Å². The molecule has 0 spiro atoms. The van der Waals surface area contributed by atoms with Gasteiger partial charge in [0.1, 0.15) is 5.75 Å². The zero-order valence-corrected chi connectivity index (χ0v) is 9.68. The van der Waals surface area contributed by atoms with Crippen LogP contribution < -0.4 is 5.30 Å². The van der Waals surface area contributed by atoms with E-state index in [1.165, 1.54) is 0 Å². The molecule has 0 aliphatic rings. The molecular formula is C7H10O7P2. The highest BCUT2D eigenvalue weighted by molar-refractivity contribution is 7.60. The van der Waals surface area contributed by atoms with Gasteiger partial charge in [-0.1, -0.05) is 0 Å². The van der Waals surface area contributed by atoms with Gasteiger partial charge in [0, 0.05) is 5.56 Å². The SMILES string of the molecule is O=P(O)(O)Cc1cc(P(=O)(O)O)ccc1O. The van der Waals surface area contributed by atoms with Crippen molar-refractivity contribution in [2.75, 3.05) is 0 Å². The summed E-state index contributed by atoms with van der Waals surface area (Å²) in [6, 6.07) is 2.87. The molecule has 0 aromatic heterocycles. The van der Waals surface area contributed by atoms with Crippen molar-refractivity contribution in [3.8, 4) is 5.75 Å². The van der Waals surface area contributed by atoms with Crippen molar-refractivity contribution in [2.45, 2.75) is 6.16 Å². The molecule has 0 saturated heterocycles. The minimum Gasteiger partial charge on any atom is -0.508 e. The summed E-state index contributed by atoms with van der Waals surface area (Å²) in [5.74, 6) is -0.416. The first-order valence-corrected chi connectivity index (χ1v) is 7.43. The molecule has 0 saturated carbocycles. The fraction of sp³-hybridized carbons (Fsp3) is 0.143. The first kappa shape index (κ1) is 13.4. The number of aromatic hydroxyl groups is 1. The second-order valence-electron chi connectivity index (χ2n) is 3.18. The molecule has 1 aromatic rings. The van der Waals surface area contributed by atoms with Crippen molar-refractivity contribution < 1.29 is 33.8 Å². The molecule has 0 bridgehead atoms. The standard InChI is InChI=1S/C7H10O7P2/c8-7-2-1-6(16(12,13)14)3-5(7)4-15(9,10)11/h1-3,8H,4H2,(H2,9,10,11)(H2,12,13,14). The van der Waals surface area contributed by atoms with Crippen molar-refractivity contribution in [2.24, 2.45) is 0 Å². The number of phenolic OH excluding ortho intramolecular Hbond substituents is 1. The smallest absolute Gasteiger partial charge is 0.356 e. The van der Waals surface area contributed by atoms with Crippen molar-refractivity contribution in [3.63, 3.8) is 0 Å². The maximum absolute atomic E-state index is 10.9. The van der Waals surface area contributed by atoms with E-state index in [2.05, 4.69) is 0 Å². The van der Waals surface area contributed by atoms with Gasteiger partial charge in [0.05, 0.1) is 11.5 Å². The van der Waals surface area contributed by atoms with Crippen molar-refractivity contribution >= 4 is 20.5 Å². The molecule has 0 amide bonds. The predicted molar refractivity (Wildman–Crippen MR) is 55.5 cm³/mol. The molecule has 0 heterocycles. The normalized spacial score (nSPS) is 12.8. The van der Waals surface area contributed by atoms with E-state index in [1.807, 2.05) is 0 Å². The monoisotopic (exact) mass is 268 g/mol. The van der Waals surface area contributed by atoms with Gasteiger partial charge in [0.2, 0.25) is 0 Å². The molecule has 90 valence electrons. The van der Waals surface area contributed by atoms with E-state index in [-0.39, 0.29) is 5.56 Å². The third-order valence-electron chi connectivity index (χ3n) is 1.78. The van der Waals surface area contributed by atoms with E-state index in [0.717, 1.165) is 18.2 Å². The first-order valence-electron chi connectivity index (χ1n) is 4.02. The number of rotatable bonds is 3. The first-order chi connectivity index (χ1) is 7.09. The van der Waals surface area contributed by atoms with Gasteiger partial charge < -0.3 is 24.7 Å². The number of hydrogen-bond donors (Lipinski definition) is 5. The van der Waals surface area contributed by atoms with Gasteiger partial charge in [0.15, 0.2) is 0 Å². The van der Waals surface area contributed by atoms with Crippen LogP contribution >= 0.6 is 15.2 Å². The maximum atomic E-state index is 10.9. The molecule has 0 fully saturated rings. The molecule has 0 atom stereocenters. The Kier molecular flexibility index (Phi) is 3.59. The Hall–Kier alpha value is -0.680. The van der Waals surface area contributed by atoms with Crippen LogP contribution in [0.15, 0.2) is 18.2 Å². The Morgan fingerprint density at radius 1 is 1.06 bits per heavy atom. The third kappa shape index (κ3) is 3.72. The summed E-state index contributed by atoms with van der Waals surface area (Å²) < 4.78 is 21.6. The molecule has 1 rings (SSSR count). The Bertz CT molecular complexity index is 486. The molecular weight excluding hydrogens is 258 g/mol. The number of phenols is 1. The van der Waals surface area contributed by atoms with Crippen LogP contribution in [0.25, 0.3) is 0 Å². The van der Waals surface area contributed by atoms with Gasteiger partial charge in [-0.15, -0.1) is 0 Å². The second kappa shape index (κ2) is 4.30. The second-order valence-corrected chi connectivity index (χ2v) is 6.43. The van der Waals surface area contributed by atoms with Gasteiger partial charge in [-0.2, -0.15) is 0 Å². The van der Waals surface area contributed by atoms with Crippen LogP contribution in [-0.4, -0.2) is 24.7 Å². The maximum Gasteiger partial charge on any atom is 0.356 e. The molecule has 7 nitrogen and oxygen atoms in total. The highest BCUT2D eigenvalue weighted by atomic mass is 31.2. The van der Waals surface area contributed by atoms with Crippen LogP contribution in [0.1, 0.15) is 5.56 Å². The fourth-order valence-electron chi connectivity index (χ4n) is 1.10.